The number of hydrogen-bond donors (Lipinski definition) is 3. The predicted molar refractivity (Wildman–Crippen MR) is 53.8 cm³/mol. The Bertz CT molecular complexity index is 294. The van der Waals surface area contributed by atoms with Gasteiger partial charge in [0.25, 0.3) is 0 Å². The Morgan fingerprint density at radius 1 is 1.19 bits per heavy atom. The Morgan fingerprint density at radius 2 is 1.69 bits per heavy atom. The van der Waals surface area contributed by atoms with E-state index in [4.69, 9.17) is 10.2 Å². The first-order valence-corrected chi connectivity index (χ1v) is 5.18. The van der Waals surface area contributed by atoms with Crippen LogP contribution in [0.5, 0.6) is 0 Å². The molecule has 1 rings (SSSR count). The number of amides is 1. The molecule has 1 amide bonds. The molecule has 16 heavy (non-hydrogen) atoms. The maximum Gasteiger partial charge on any atom is 0.303 e. The molecule has 0 spiro atoms. The molecule has 0 atom stereocenters. The largest absolute Gasteiger partial charge is 0.481 e. The third kappa shape index (κ3) is 3.52. The van der Waals surface area contributed by atoms with Gasteiger partial charge >= 0.3 is 11.9 Å². The topological polar surface area (TPSA) is 104 Å². The average molecular weight is 229 g/mol. The number of hydrogen-bond acceptors (Lipinski definition) is 3. The zero-order chi connectivity index (χ0) is 12.2. The lowest BCUT2D eigenvalue weighted by Crippen LogP contribution is -2.42. The maximum absolute atomic E-state index is 11.1. The van der Waals surface area contributed by atoms with Crippen molar-refractivity contribution in [1.82, 2.24) is 5.32 Å². The Kier molecular flexibility index (Phi) is 3.87. The highest BCUT2D eigenvalue weighted by molar-refractivity contribution is 5.80. The van der Waals surface area contributed by atoms with Crippen LogP contribution in [0.4, 0.5) is 0 Å². The van der Waals surface area contributed by atoms with Gasteiger partial charge in [0, 0.05) is 24.8 Å². The number of carbonyl (C=O) groups is 3. The van der Waals surface area contributed by atoms with Crippen LogP contribution in [0.25, 0.3) is 0 Å². The van der Waals surface area contributed by atoms with E-state index < -0.39 is 17.5 Å². The van der Waals surface area contributed by atoms with Gasteiger partial charge in [-0.1, -0.05) is 0 Å². The average Bonchev–Trinajstić information content (AvgIpc) is 2.55. The van der Waals surface area contributed by atoms with Gasteiger partial charge in [-0.2, -0.15) is 0 Å². The summed E-state index contributed by atoms with van der Waals surface area (Å²) in [6.45, 7) is 0. The Hall–Kier alpha value is -1.59. The van der Waals surface area contributed by atoms with Crippen molar-refractivity contribution in [2.45, 2.75) is 44.1 Å². The highest BCUT2D eigenvalue weighted by atomic mass is 16.4. The minimum Gasteiger partial charge on any atom is -0.481 e. The highest BCUT2D eigenvalue weighted by Gasteiger charge is 2.37. The normalized spacial score (nSPS) is 18.1. The van der Waals surface area contributed by atoms with Gasteiger partial charge in [0.15, 0.2) is 0 Å². The van der Waals surface area contributed by atoms with Gasteiger partial charge in [0.1, 0.15) is 0 Å². The van der Waals surface area contributed by atoms with Gasteiger partial charge < -0.3 is 15.5 Å². The summed E-state index contributed by atoms with van der Waals surface area (Å²) in [5, 5.41) is 19.9. The monoisotopic (exact) mass is 229 g/mol. The summed E-state index contributed by atoms with van der Waals surface area (Å²) in [6.07, 6.45) is 1.34. The second-order valence-corrected chi connectivity index (χ2v) is 4.12. The molecule has 6 nitrogen and oxygen atoms in total. The van der Waals surface area contributed by atoms with Crippen LogP contribution >= 0.6 is 0 Å². The first kappa shape index (κ1) is 12.5. The van der Waals surface area contributed by atoms with E-state index in [2.05, 4.69) is 5.32 Å². The van der Waals surface area contributed by atoms with Crippen LogP contribution in [0.15, 0.2) is 0 Å². The Labute approximate surface area is 92.6 Å². The van der Waals surface area contributed by atoms with Gasteiger partial charge in [0.2, 0.25) is 5.91 Å². The van der Waals surface area contributed by atoms with Crippen molar-refractivity contribution in [1.29, 1.82) is 0 Å². The zero-order valence-electron chi connectivity index (χ0n) is 8.86. The Balaban J connectivity index is 2.57. The molecule has 3 N–H and O–H groups in total. The van der Waals surface area contributed by atoms with Crippen molar-refractivity contribution in [3.05, 3.63) is 0 Å². The van der Waals surface area contributed by atoms with Crippen molar-refractivity contribution in [2.24, 2.45) is 0 Å². The lowest BCUT2D eigenvalue weighted by atomic mass is 9.87. The summed E-state index contributed by atoms with van der Waals surface area (Å²) in [5.74, 6) is -2.00. The van der Waals surface area contributed by atoms with E-state index in [1.54, 1.807) is 0 Å². The van der Waals surface area contributed by atoms with Crippen molar-refractivity contribution in [2.75, 3.05) is 0 Å². The van der Waals surface area contributed by atoms with E-state index in [-0.39, 0.29) is 18.7 Å². The fourth-order valence-electron chi connectivity index (χ4n) is 1.97. The molecule has 90 valence electrons. The van der Waals surface area contributed by atoms with Gasteiger partial charge in [-0.3, -0.25) is 14.4 Å². The predicted octanol–water partition coefficient (Wildman–Crippen LogP) is 0.365. The van der Waals surface area contributed by atoms with Crippen molar-refractivity contribution in [3.63, 3.8) is 0 Å². The summed E-state index contributed by atoms with van der Waals surface area (Å²) < 4.78 is 0. The van der Waals surface area contributed by atoms with Crippen molar-refractivity contribution in [3.8, 4) is 0 Å². The van der Waals surface area contributed by atoms with E-state index in [1.807, 2.05) is 0 Å². The summed E-state index contributed by atoms with van der Waals surface area (Å²) in [5.41, 5.74) is -0.631. The quantitative estimate of drug-likeness (QED) is 0.610. The zero-order valence-corrected chi connectivity index (χ0v) is 8.86. The van der Waals surface area contributed by atoms with Crippen LogP contribution in [-0.4, -0.2) is 33.6 Å². The van der Waals surface area contributed by atoms with E-state index in [0.717, 1.165) is 0 Å². The summed E-state index contributed by atoms with van der Waals surface area (Å²) in [6, 6.07) is 0. The highest BCUT2D eigenvalue weighted by Crippen LogP contribution is 2.30. The van der Waals surface area contributed by atoms with Crippen LogP contribution in [0.1, 0.15) is 38.5 Å². The van der Waals surface area contributed by atoms with Crippen LogP contribution in [0.2, 0.25) is 0 Å². The molecular formula is C10H15NO5. The number of rotatable bonds is 6. The summed E-state index contributed by atoms with van der Waals surface area (Å²) in [4.78, 5) is 32.1. The molecular weight excluding hydrogens is 214 g/mol. The van der Waals surface area contributed by atoms with E-state index in [1.165, 1.54) is 0 Å². The lowest BCUT2D eigenvalue weighted by molar-refractivity contribution is -0.137. The van der Waals surface area contributed by atoms with Gasteiger partial charge in [-0.15, -0.1) is 0 Å². The number of carboxylic acid groups (broad SMARTS) is 2. The second kappa shape index (κ2) is 4.96. The first-order chi connectivity index (χ1) is 7.43. The molecule has 6 heteroatoms. The molecule has 1 saturated heterocycles. The molecule has 0 radical (unpaired) electrons. The SMILES string of the molecule is O=C(O)CCC1(CCC(=O)O)CCC(=O)N1. The summed E-state index contributed by atoms with van der Waals surface area (Å²) >= 11 is 0. The Morgan fingerprint density at radius 3 is 2.00 bits per heavy atom. The van der Waals surface area contributed by atoms with Gasteiger partial charge in [-0.05, 0) is 19.3 Å². The molecule has 1 fully saturated rings. The molecule has 0 aromatic heterocycles. The molecule has 0 unspecified atom stereocenters. The molecule has 1 aliphatic rings. The van der Waals surface area contributed by atoms with E-state index in [0.29, 0.717) is 25.7 Å². The molecule has 0 aromatic carbocycles. The van der Waals surface area contributed by atoms with Crippen molar-refractivity contribution >= 4 is 17.8 Å². The van der Waals surface area contributed by atoms with Gasteiger partial charge in [0.05, 0.1) is 0 Å². The van der Waals surface area contributed by atoms with Crippen LogP contribution in [0.3, 0.4) is 0 Å². The van der Waals surface area contributed by atoms with Gasteiger partial charge in [-0.25, -0.2) is 0 Å². The number of carbonyl (C=O) groups excluding carboxylic acids is 1. The molecule has 0 bridgehead atoms. The second-order valence-electron chi connectivity index (χ2n) is 4.12. The fraction of sp³-hybridized carbons (Fsp3) is 0.700. The fourth-order valence-corrected chi connectivity index (χ4v) is 1.97. The molecule has 1 aliphatic heterocycles. The third-order valence-electron chi connectivity index (χ3n) is 2.87. The number of nitrogens with one attached hydrogen (secondary N) is 1. The lowest BCUT2D eigenvalue weighted by Gasteiger charge is -2.28. The molecule has 1 heterocycles. The van der Waals surface area contributed by atoms with Crippen LogP contribution < -0.4 is 5.32 Å². The standard InChI is InChI=1S/C10H15NO5/c12-7-1-4-10(11-7,5-2-8(13)14)6-3-9(15)16/h1-6H2,(H,11,12)(H,13,14)(H,15,16). The van der Waals surface area contributed by atoms with Crippen LogP contribution in [0, 0.1) is 0 Å². The molecule has 0 aliphatic carbocycles. The minimum atomic E-state index is -0.934. The maximum atomic E-state index is 11.1. The number of aliphatic carboxylic acids is 2. The third-order valence-corrected chi connectivity index (χ3v) is 2.87. The molecule has 0 saturated carbocycles. The van der Waals surface area contributed by atoms with E-state index in [9.17, 15) is 14.4 Å². The van der Waals surface area contributed by atoms with Crippen molar-refractivity contribution < 1.29 is 24.6 Å². The first-order valence-electron chi connectivity index (χ1n) is 5.18. The minimum absolute atomic E-state index is 0.0557. The van der Waals surface area contributed by atoms with Crippen LogP contribution in [-0.2, 0) is 14.4 Å². The summed E-state index contributed by atoms with van der Waals surface area (Å²) in [7, 11) is 0. The van der Waals surface area contributed by atoms with E-state index >= 15 is 0 Å². The number of carboxylic acids is 2. The smallest absolute Gasteiger partial charge is 0.303 e. The molecule has 0 aromatic rings.